The van der Waals surface area contributed by atoms with Gasteiger partial charge in [-0.2, -0.15) is 0 Å². The summed E-state index contributed by atoms with van der Waals surface area (Å²) in [5, 5.41) is 0. The van der Waals surface area contributed by atoms with Gasteiger partial charge in [0.25, 0.3) is 5.56 Å². The highest BCUT2D eigenvalue weighted by molar-refractivity contribution is 7.15. The lowest BCUT2D eigenvalue weighted by molar-refractivity contribution is 0.203. The number of imidazole rings is 1. The van der Waals surface area contributed by atoms with Gasteiger partial charge < -0.3 is 9.47 Å². The van der Waals surface area contributed by atoms with Crippen LogP contribution in [0.1, 0.15) is 32.8 Å². The lowest BCUT2D eigenvalue weighted by Gasteiger charge is -2.16. The van der Waals surface area contributed by atoms with Crippen molar-refractivity contribution in [3.8, 4) is 11.5 Å². The van der Waals surface area contributed by atoms with Crippen LogP contribution < -0.4 is 19.6 Å². The average molecular weight is 394 g/mol. The van der Waals surface area contributed by atoms with Crippen LogP contribution in [0.25, 0.3) is 22.1 Å². The van der Waals surface area contributed by atoms with Crippen molar-refractivity contribution in [1.82, 2.24) is 9.38 Å². The summed E-state index contributed by atoms with van der Waals surface area (Å²) in [5.74, 6) is 1.42. The highest BCUT2D eigenvalue weighted by Gasteiger charge is 2.12. The summed E-state index contributed by atoms with van der Waals surface area (Å²) in [6.07, 6.45) is 2.91. The Kier molecular flexibility index (Phi) is 5.05. The number of para-hydroxylation sites is 2. The zero-order chi connectivity index (χ0) is 19.7. The second-order valence-corrected chi connectivity index (χ2v) is 7.62. The number of hydrogen-bond acceptors (Lipinski definition) is 5. The van der Waals surface area contributed by atoms with E-state index in [1.807, 2.05) is 62.4 Å². The molecule has 28 heavy (non-hydrogen) atoms. The first kappa shape index (κ1) is 18.5. The fraction of sp³-hybridized carbons (Fsp3) is 0.273. The molecular weight excluding hydrogens is 372 g/mol. The predicted molar refractivity (Wildman–Crippen MR) is 114 cm³/mol. The summed E-state index contributed by atoms with van der Waals surface area (Å²) in [7, 11) is 0. The molecule has 0 aliphatic rings. The zero-order valence-corrected chi connectivity index (χ0v) is 17.0. The largest absolute Gasteiger partial charge is 0.490 e. The molecule has 5 nitrogen and oxygen atoms in total. The van der Waals surface area contributed by atoms with Crippen molar-refractivity contribution < 1.29 is 9.47 Å². The van der Waals surface area contributed by atoms with Gasteiger partial charge in [0.05, 0.1) is 28.3 Å². The fourth-order valence-electron chi connectivity index (χ4n) is 3.04. The van der Waals surface area contributed by atoms with Crippen LogP contribution in [0.4, 0.5) is 0 Å². The first-order valence-electron chi connectivity index (χ1n) is 9.46. The van der Waals surface area contributed by atoms with Crippen molar-refractivity contribution >= 4 is 33.4 Å². The van der Waals surface area contributed by atoms with Crippen LogP contribution in [0.2, 0.25) is 0 Å². The number of thiazole rings is 1. The topological polar surface area (TPSA) is 52.8 Å². The van der Waals surface area contributed by atoms with E-state index in [4.69, 9.17) is 9.47 Å². The van der Waals surface area contributed by atoms with Crippen molar-refractivity contribution in [3.05, 3.63) is 62.9 Å². The Morgan fingerprint density at radius 2 is 2.00 bits per heavy atom. The Morgan fingerprint density at radius 1 is 1.18 bits per heavy atom. The number of rotatable bonds is 6. The van der Waals surface area contributed by atoms with E-state index in [1.165, 1.54) is 11.3 Å². The van der Waals surface area contributed by atoms with Gasteiger partial charge in [-0.25, -0.2) is 9.38 Å². The Hall–Kier alpha value is -2.86. The van der Waals surface area contributed by atoms with E-state index in [0.29, 0.717) is 21.8 Å². The Morgan fingerprint density at radius 3 is 2.79 bits per heavy atom. The molecular formula is C22H22N2O3S. The molecule has 0 radical (unpaired) electrons. The normalized spacial score (nSPS) is 13.3. The van der Waals surface area contributed by atoms with Crippen LogP contribution >= 0.6 is 11.3 Å². The molecule has 0 amide bonds. The number of benzene rings is 2. The summed E-state index contributed by atoms with van der Waals surface area (Å²) in [6, 6.07) is 13.4. The standard InChI is InChI=1S/C22H22N2O3S/c1-4-14(3)27-18-11-10-15(12-19(18)26-5-2)13-20-21(25)24-17-9-7-6-8-16(17)23-22(24)28-20/h6-14H,4-5H2,1-3H3/b20-13+/t14-/m1/s1. The van der Waals surface area contributed by atoms with E-state index in [0.717, 1.165) is 28.8 Å². The molecule has 0 unspecified atom stereocenters. The lowest BCUT2D eigenvalue weighted by atomic mass is 10.2. The maximum atomic E-state index is 12.9. The molecule has 2 aromatic heterocycles. The summed E-state index contributed by atoms with van der Waals surface area (Å²) in [6.45, 7) is 6.61. The summed E-state index contributed by atoms with van der Waals surface area (Å²) in [5.41, 5.74) is 2.52. The van der Waals surface area contributed by atoms with Crippen molar-refractivity contribution in [3.63, 3.8) is 0 Å². The van der Waals surface area contributed by atoms with Gasteiger partial charge in [0.15, 0.2) is 16.5 Å². The van der Waals surface area contributed by atoms with E-state index in [9.17, 15) is 4.79 Å². The highest BCUT2D eigenvalue weighted by atomic mass is 32.1. The quantitative estimate of drug-likeness (QED) is 0.495. The van der Waals surface area contributed by atoms with Gasteiger partial charge in [0.1, 0.15) is 0 Å². The van der Waals surface area contributed by atoms with E-state index < -0.39 is 0 Å². The van der Waals surface area contributed by atoms with Crippen LogP contribution in [0.3, 0.4) is 0 Å². The van der Waals surface area contributed by atoms with Crippen molar-refractivity contribution in [2.24, 2.45) is 0 Å². The fourth-order valence-corrected chi connectivity index (χ4v) is 4.03. The summed E-state index contributed by atoms with van der Waals surface area (Å²) < 4.78 is 14.0. The number of aromatic nitrogens is 2. The van der Waals surface area contributed by atoms with E-state index in [1.54, 1.807) is 4.40 Å². The van der Waals surface area contributed by atoms with Gasteiger partial charge in [-0.1, -0.05) is 36.5 Å². The molecule has 1 atom stereocenters. The highest BCUT2D eigenvalue weighted by Crippen LogP contribution is 2.30. The molecule has 2 aromatic carbocycles. The molecule has 4 aromatic rings. The van der Waals surface area contributed by atoms with Crippen LogP contribution in [0.15, 0.2) is 47.3 Å². The first-order chi connectivity index (χ1) is 13.6. The van der Waals surface area contributed by atoms with Gasteiger partial charge in [-0.05, 0) is 56.2 Å². The number of hydrogen-bond donors (Lipinski definition) is 0. The number of fused-ring (bicyclic) bond motifs is 3. The minimum atomic E-state index is -0.0495. The summed E-state index contributed by atoms with van der Waals surface area (Å²) in [4.78, 5) is 18.2. The third-order valence-corrected chi connectivity index (χ3v) is 5.58. The minimum absolute atomic E-state index is 0.0495. The molecule has 0 aliphatic carbocycles. The van der Waals surface area contributed by atoms with E-state index >= 15 is 0 Å². The van der Waals surface area contributed by atoms with Crippen molar-refractivity contribution in [2.75, 3.05) is 6.61 Å². The van der Waals surface area contributed by atoms with Gasteiger partial charge in [0.2, 0.25) is 0 Å². The zero-order valence-electron chi connectivity index (χ0n) is 16.1. The number of ether oxygens (including phenoxy) is 2. The molecule has 0 saturated carbocycles. The first-order valence-corrected chi connectivity index (χ1v) is 10.3. The van der Waals surface area contributed by atoms with E-state index in [2.05, 4.69) is 11.9 Å². The monoisotopic (exact) mass is 394 g/mol. The third-order valence-electron chi connectivity index (χ3n) is 4.61. The molecule has 0 spiro atoms. The summed E-state index contributed by atoms with van der Waals surface area (Å²) >= 11 is 1.39. The maximum absolute atomic E-state index is 12.9. The van der Waals surface area contributed by atoms with Crippen molar-refractivity contribution in [2.45, 2.75) is 33.3 Å². The molecule has 0 aliphatic heterocycles. The van der Waals surface area contributed by atoms with Crippen LogP contribution in [0.5, 0.6) is 11.5 Å². The smallest absolute Gasteiger partial charge is 0.274 e. The SMILES string of the molecule is CCOc1cc(/C=c2/sc3nc4ccccc4n3c2=O)ccc1O[C@H](C)CC. The molecule has 0 bridgehead atoms. The molecule has 6 heteroatoms. The Bertz CT molecular complexity index is 1240. The molecule has 0 fully saturated rings. The van der Waals surface area contributed by atoms with Gasteiger partial charge in [0, 0.05) is 0 Å². The molecule has 2 heterocycles. The lowest BCUT2D eigenvalue weighted by Crippen LogP contribution is -2.22. The van der Waals surface area contributed by atoms with Crippen molar-refractivity contribution in [1.29, 1.82) is 0 Å². The van der Waals surface area contributed by atoms with Crippen LogP contribution in [0, 0.1) is 0 Å². The van der Waals surface area contributed by atoms with Gasteiger partial charge in [-0.3, -0.25) is 4.79 Å². The minimum Gasteiger partial charge on any atom is -0.490 e. The van der Waals surface area contributed by atoms with Crippen LogP contribution in [-0.2, 0) is 0 Å². The molecule has 0 N–H and O–H groups in total. The molecule has 0 saturated heterocycles. The Labute approximate surface area is 166 Å². The average Bonchev–Trinajstić information content (AvgIpc) is 3.20. The van der Waals surface area contributed by atoms with Crippen LogP contribution in [-0.4, -0.2) is 22.1 Å². The maximum Gasteiger partial charge on any atom is 0.274 e. The third kappa shape index (κ3) is 3.36. The second kappa shape index (κ2) is 7.64. The van der Waals surface area contributed by atoms with Gasteiger partial charge in [-0.15, -0.1) is 0 Å². The van der Waals surface area contributed by atoms with E-state index in [-0.39, 0.29) is 11.7 Å². The predicted octanol–water partition coefficient (Wildman–Crippen LogP) is 4.03. The second-order valence-electron chi connectivity index (χ2n) is 6.61. The number of nitrogens with zero attached hydrogens (tertiary/aromatic N) is 2. The molecule has 4 rings (SSSR count). The molecule has 144 valence electrons. The van der Waals surface area contributed by atoms with Gasteiger partial charge >= 0.3 is 0 Å². The Balaban J connectivity index is 1.79.